The summed E-state index contributed by atoms with van der Waals surface area (Å²) in [6.45, 7) is 0. The largest absolute Gasteiger partial charge is 0.573 e. The molecule has 0 aliphatic carbocycles. The van der Waals surface area contributed by atoms with Crippen LogP contribution < -0.4 is 9.47 Å². The van der Waals surface area contributed by atoms with Gasteiger partial charge in [-0.1, -0.05) is 0 Å². The van der Waals surface area contributed by atoms with Gasteiger partial charge in [0, 0.05) is 18.3 Å². The number of benzene rings is 1. The Morgan fingerprint density at radius 3 is 2.22 bits per heavy atom. The molecular weight excluding hydrogens is 247 g/mol. The Morgan fingerprint density at radius 1 is 1.00 bits per heavy atom. The first kappa shape index (κ1) is 12.2. The smallest absolute Gasteiger partial charge is 0.439 e. The minimum atomic E-state index is -4.70. The van der Waals surface area contributed by atoms with Gasteiger partial charge in [0.25, 0.3) is 0 Å². The van der Waals surface area contributed by atoms with E-state index in [-0.39, 0.29) is 5.75 Å². The molecule has 2 rings (SSSR count). The summed E-state index contributed by atoms with van der Waals surface area (Å²) in [5.41, 5.74) is 0. The molecule has 6 heteroatoms. The van der Waals surface area contributed by atoms with Crippen LogP contribution in [-0.4, -0.2) is 11.3 Å². The maximum absolute atomic E-state index is 11.9. The van der Waals surface area contributed by atoms with Crippen LogP contribution in [-0.2, 0) is 0 Å². The second-order valence-electron chi connectivity index (χ2n) is 3.22. The molecule has 0 saturated heterocycles. The highest BCUT2D eigenvalue weighted by Gasteiger charge is 2.30. The lowest BCUT2D eigenvalue weighted by atomic mass is 10.3. The number of pyridine rings is 1. The summed E-state index contributed by atoms with van der Waals surface area (Å²) in [6, 6.07) is 11.0. The molecule has 93 valence electrons. The van der Waals surface area contributed by atoms with Gasteiger partial charge in [-0.05, 0) is 30.3 Å². The lowest BCUT2D eigenvalue weighted by molar-refractivity contribution is -0.274. The number of ether oxygens (including phenoxy) is 2. The van der Waals surface area contributed by atoms with E-state index in [1.807, 2.05) is 0 Å². The average Bonchev–Trinajstić information content (AvgIpc) is 2.31. The third-order valence-corrected chi connectivity index (χ3v) is 1.87. The maximum Gasteiger partial charge on any atom is 0.573 e. The van der Waals surface area contributed by atoms with Crippen LogP contribution in [0.5, 0.6) is 17.4 Å². The van der Waals surface area contributed by atoms with Crippen molar-refractivity contribution in [1.82, 2.24) is 4.98 Å². The van der Waals surface area contributed by atoms with Crippen molar-refractivity contribution in [3.05, 3.63) is 48.7 Å². The van der Waals surface area contributed by atoms with E-state index in [1.54, 1.807) is 12.1 Å². The summed E-state index contributed by atoms with van der Waals surface area (Å²) in [4.78, 5) is 3.87. The first-order valence-electron chi connectivity index (χ1n) is 4.89. The second kappa shape index (κ2) is 4.95. The molecule has 1 radical (unpaired) electrons. The fraction of sp³-hybridized carbons (Fsp3) is 0.0833. The van der Waals surface area contributed by atoms with E-state index < -0.39 is 6.36 Å². The van der Waals surface area contributed by atoms with Crippen molar-refractivity contribution >= 4 is 0 Å². The van der Waals surface area contributed by atoms with Crippen molar-refractivity contribution in [1.29, 1.82) is 0 Å². The highest BCUT2D eigenvalue weighted by atomic mass is 19.4. The van der Waals surface area contributed by atoms with Gasteiger partial charge in [-0.25, -0.2) is 4.98 Å². The second-order valence-corrected chi connectivity index (χ2v) is 3.22. The Kier molecular flexibility index (Phi) is 3.36. The van der Waals surface area contributed by atoms with Crippen molar-refractivity contribution in [2.45, 2.75) is 6.36 Å². The summed E-state index contributed by atoms with van der Waals surface area (Å²) in [5, 5.41) is 0. The molecule has 0 atom stereocenters. The first-order valence-corrected chi connectivity index (χ1v) is 4.89. The molecule has 1 aromatic heterocycles. The molecular formula is C12H7F3NO2. The first-order chi connectivity index (χ1) is 8.53. The van der Waals surface area contributed by atoms with Crippen LogP contribution in [0.15, 0.2) is 42.6 Å². The van der Waals surface area contributed by atoms with Crippen molar-refractivity contribution in [3.8, 4) is 17.4 Å². The topological polar surface area (TPSA) is 31.4 Å². The maximum atomic E-state index is 11.9. The Labute approximate surface area is 101 Å². The van der Waals surface area contributed by atoms with Crippen LogP contribution in [0.1, 0.15) is 0 Å². The van der Waals surface area contributed by atoms with Gasteiger partial charge < -0.3 is 9.47 Å². The van der Waals surface area contributed by atoms with Gasteiger partial charge in [0.2, 0.25) is 5.88 Å². The van der Waals surface area contributed by atoms with Gasteiger partial charge in [-0.3, -0.25) is 0 Å². The predicted octanol–water partition coefficient (Wildman–Crippen LogP) is 3.57. The highest BCUT2D eigenvalue weighted by molar-refractivity contribution is 5.33. The normalized spacial score (nSPS) is 11.1. The van der Waals surface area contributed by atoms with E-state index in [0.717, 1.165) is 12.1 Å². The van der Waals surface area contributed by atoms with Crippen molar-refractivity contribution in [2.24, 2.45) is 0 Å². The molecule has 18 heavy (non-hydrogen) atoms. The minimum Gasteiger partial charge on any atom is -0.439 e. The van der Waals surface area contributed by atoms with E-state index in [4.69, 9.17) is 4.74 Å². The van der Waals surface area contributed by atoms with Gasteiger partial charge in [0.1, 0.15) is 11.5 Å². The molecule has 0 aliphatic rings. The van der Waals surface area contributed by atoms with Gasteiger partial charge in [-0.2, -0.15) is 0 Å². The number of aromatic nitrogens is 1. The minimum absolute atomic E-state index is 0.302. The highest BCUT2D eigenvalue weighted by Crippen LogP contribution is 2.26. The van der Waals surface area contributed by atoms with Crippen LogP contribution in [0.3, 0.4) is 0 Å². The lowest BCUT2D eigenvalue weighted by Gasteiger charge is -2.09. The molecule has 0 fully saturated rings. The molecule has 0 bridgehead atoms. The molecule has 2 aromatic rings. The molecule has 0 aliphatic heterocycles. The average molecular weight is 254 g/mol. The Balaban J connectivity index is 2.04. The standard InChI is InChI=1S/C12H7F3NO2/c13-12(14,15)18-10-6-4-9(5-7-10)17-11-3-1-2-8-16-11/h1,3-8H. The number of rotatable bonds is 3. The Morgan fingerprint density at radius 2 is 1.67 bits per heavy atom. The van der Waals surface area contributed by atoms with Crippen LogP contribution >= 0.6 is 0 Å². The molecule has 0 N–H and O–H groups in total. The zero-order chi connectivity index (χ0) is 13.0. The van der Waals surface area contributed by atoms with Crippen molar-refractivity contribution in [3.63, 3.8) is 0 Å². The van der Waals surface area contributed by atoms with Gasteiger partial charge in [0.05, 0.1) is 0 Å². The molecule has 0 amide bonds. The van der Waals surface area contributed by atoms with Crippen molar-refractivity contribution in [2.75, 3.05) is 0 Å². The zero-order valence-electron chi connectivity index (χ0n) is 8.94. The fourth-order valence-electron chi connectivity index (χ4n) is 1.20. The number of nitrogens with zero attached hydrogens (tertiary/aromatic N) is 1. The van der Waals surface area contributed by atoms with E-state index >= 15 is 0 Å². The molecule has 1 heterocycles. The quantitative estimate of drug-likeness (QED) is 0.839. The fourth-order valence-corrected chi connectivity index (χ4v) is 1.20. The molecule has 0 saturated carbocycles. The van der Waals surface area contributed by atoms with Crippen molar-refractivity contribution < 1.29 is 22.6 Å². The van der Waals surface area contributed by atoms with Gasteiger partial charge in [-0.15, -0.1) is 13.2 Å². The van der Waals surface area contributed by atoms with Crippen LogP contribution in [0.2, 0.25) is 0 Å². The monoisotopic (exact) mass is 254 g/mol. The lowest BCUT2D eigenvalue weighted by Crippen LogP contribution is -2.16. The van der Waals surface area contributed by atoms with E-state index in [9.17, 15) is 13.2 Å². The Hall–Kier alpha value is -2.24. The third kappa shape index (κ3) is 3.65. The summed E-state index contributed by atoms with van der Waals surface area (Å²) in [5.74, 6) is 0.394. The number of alkyl halides is 3. The van der Waals surface area contributed by atoms with Crippen LogP contribution in [0.25, 0.3) is 0 Å². The van der Waals surface area contributed by atoms with Gasteiger partial charge >= 0.3 is 6.36 Å². The number of hydrogen-bond donors (Lipinski definition) is 0. The van der Waals surface area contributed by atoms with Crippen LogP contribution in [0.4, 0.5) is 13.2 Å². The van der Waals surface area contributed by atoms with E-state index in [1.165, 1.54) is 18.3 Å². The summed E-state index contributed by atoms with van der Waals surface area (Å²) in [7, 11) is 0. The molecule has 1 aromatic carbocycles. The SMILES string of the molecule is FC(F)(F)Oc1ccc(Oc2cc[c]cn2)cc1. The summed E-state index contributed by atoms with van der Waals surface area (Å²) in [6.07, 6.45) is -3.27. The summed E-state index contributed by atoms with van der Waals surface area (Å²) >= 11 is 0. The number of hydrogen-bond acceptors (Lipinski definition) is 3. The Bertz CT molecular complexity index is 497. The summed E-state index contributed by atoms with van der Waals surface area (Å²) < 4.78 is 44.8. The third-order valence-electron chi connectivity index (χ3n) is 1.87. The molecule has 0 spiro atoms. The van der Waals surface area contributed by atoms with Crippen LogP contribution in [0, 0.1) is 6.07 Å². The number of halogens is 3. The van der Waals surface area contributed by atoms with Gasteiger partial charge in [0.15, 0.2) is 0 Å². The predicted molar refractivity (Wildman–Crippen MR) is 56.3 cm³/mol. The zero-order valence-corrected chi connectivity index (χ0v) is 8.94. The van der Waals surface area contributed by atoms with E-state index in [2.05, 4.69) is 15.8 Å². The van der Waals surface area contributed by atoms with E-state index in [0.29, 0.717) is 11.6 Å². The molecule has 3 nitrogen and oxygen atoms in total. The molecule has 0 unspecified atom stereocenters.